The molecule has 3 aromatic rings. The summed E-state index contributed by atoms with van der Waals surface area (Å²) in [4.78, 5) is 40.5. The molecular weight excluding hydrogens is 545 g/mol. The number of hydrogen-bond donors (Lipinski definition) is 4. The first-order valence-electron chi connectivity index (χ1n) is 13.5. The topological polar surface area (TPSA) is 143 Å². The highest BCUT2D eigenvalue weighted by Gasteiger charge is 2.24. The summed E-state index contributed by atoms with van der Waals surface area (Å²) in [5, 5.41) is 16.1. The molecule has 0 atom stereocenters. The highest BCUT2D eigenvalue weighted by molar-refractivity contribution is 6.05. The molecular formula is C29H34FN7O5. The van der Waals surface area contributed by atoms with Crippen LogP contribution < -0.4 is 26.2 Å². The summed E-state index contributed by atoms with van der Waals surface area (Å²) in [5.41, 5.74) is 0.702. The van der Waals surface area contributed by atoms with Gasteiger partial charge in [0.05, 0.1) is 24.6 Å². The van der Waals surface area contributed by atoms with Crippen LogP contribution in [0.15, 0.2) is 65.2 Å². The molecule has 12 nitrogen and oxygen atoms in total. The number of ether oxygens (including phenoxy) is 2. The minimum atomic E-state index is -0.837. The summed E-state index contributed by atoms with van der Waals surface area (Å²) < 4.78 is 28.7. The molecule has 1 aliphatic rings. The monoisotopic (exact) mass is 579 g/mol. The van der Waals surface area contributed by atoms with Crippen molar-refractivity contribution in [3.05, 3.63) is 87.9 Å². The fourth-order valence-electron chi connectivity index (χ4n) is 4.48. The number of urea groups is 1. The number of halogens is 1. The summed E-state index contributed by atoms with van der Waals surface area (Å²) in [6, 6.07) is 12.4. The van der Waals surface area contributed by atoms with E-state index in [2.05, 4.69) is 16.0 Å². The van der Waals surface area contributed by atoms with Gasteiger partial charge in [0.1, 0.15) is 11.4 Å². The quantitative estimate of drug-likeness (QED) is 0.227. The number of nitrogens with zero attached hydrogens (tertiary/aromatic N) is 3. The summed E-state index contributed by atoms with van der Waals surface area (Å²) in [6.45, 7) is 5.97. The first-order chi connectivity index (χ1) is 20.2. The maximum Gasteiger partial charge on any atom is 0.323 e. The minimum absolute atomic E-state index is 0.0429. The van der Waals surface area contributed by atoms with Crippen LogP contribution >= 0.6 is 0 Å². The third-order valence-electron chi connectivity index (χ3n) is 6.55. The number of para-hydroxylation sites is 1. The molecule has 0 aliphatic carbocycles. The van der Waals surface area contributed by atoms with E-state index in [1.165, 1.54) is 22.9 Å². The number of nitrogens with one attached hydrogen (secondary N) is 4. The van der Waals surface area contributed by atoms with E-state index < -0.39 is 23.2 Å². The smallest absolute Gasteiger partial charge is 0.323 e. The maximum atomic E-state index is 14.9. The molecule has 3 amide bonds. The van der Waals surface area contributed by atoms with Crippen molar-refractivity contribution < 1.29 is 23.5 Å². The Hall–Kier alpha value is -4.91. The highest BCUT2D eigenvalue weighted by atomic mass is 19.1. The molecule has 1 fully saturated rings. The Labute approximate surface area is 242 Å². The molecule has 1 aliphatic heterocycles. The van der Waals surface area contributed by atoms with Crippen molar-refractivity contribution in [2.45, 2.75) is 26.8 Å². The van der Waals surface area contributed by atoms with Crippen molar-refractivity contribution in [3.8, 4) is 11.4 Å². The zero-order chi connectivity index (χ0) is 30.2. The number of benzene rings is 2. The van der Waals surface area contributed by atoms with Crippen LogP contribution in [0.3, 0.4) is 0 Å². The van der Waals surface area contributed by atoms with E-state index >= 15 is 0 Å². The van der Waals surface area contributed by atoms with Gasteiger partial charge in [-0.15, -0.1) is 0 Å². The number of morpholine rings is 1. The summed E-state index contributed by atoms with van der Waals surface area (Å²) in [7, 11) is 1.56. The van der Waals surface area contributed by atoms with Crippen LogP contribution in [-0.2, 0) is 11.3 Å². The predicted octanol–water partition coefficient (Wildman–Crippen LogP) is 3.21. The number of carbonyl (C=O) groups is 2. The fourth-order valence-corrected chi connectivity index (χ4v) is 4.48. The van der Waals surface area contributed by atoms with Crippen LogP contribution in [0.25, 0.3) is 5.69 Å². The van der Waals surface area contributed by atoms with E-state index in [0.717, 1.165) is 12.5 Å². The van der Waals surface area contributed by atoms with E-state index in [1.54, 1.807) is 35.7 Å². The van der Waals surface area contributed by atoms with Crippen LogP contribution in [-0.4, -0.2) is 65.5 Å². The molecule has 0 saturated carbocycles. The second-order valence-electron chi connectivity index (χ2n) is 9.44. The lowest BCUT2D eigenvalue weighted by Crippen LogP contribution is -2.47. The molecule has 2 aromatic carbocycles. The summed E-state index contributed by atoms with van der Waals surface area (Å²) in [6.07, 6.45) is 1.95. The molecule has 13 heteroatoms. The first kappa shape index (κ1) is 30.1. The van der Waals surface area contributed by atoms with Crippen molar-refractivity contribution >= 4 is 23.5 Å². The molecule has 1 aromatic heterocycles. The summed E-state index contributed by atoms with van der Waals surface area (Å²) in [5.74, 6) is -2.02. The maximum absolute atomic E-state index is 14.9. The number of aromatic nitrogens is 2. The van der Waals surface area contributed by atoms with Gasteiger partial charge in [0.25, 0.3) is 11.5 Å². The Kier molecular flexibility index (Phi) is 9.76. The average molecular weight is 580 g/mol. The van der Waals surface area contributed by atoms with Gasteiger partial charge in [-0.1, -0.05) is 25.1 Å². The van der Waals surface area contributed by atoms with E-state index in [9.17, 15) is 18.8 Å². The van der Waals surface area contributed by atoms with Crippen molar-refractivity contribution in [2.75, 3.05) is 38.7 Å². The molecule has 0 unspecified atom stereocenters. The second kappa shape index (κ2) is 13.6. The molecule has 0 spiro atoms. The summed E-state index contributed by atoms with van der Waals surface area (Å²) >= 11 is 0. The lowest BCUT2D eigenvalue weighted by atomic mass is 10.2. The zero-order valence-electron chi connectivity index (χ0n) is 23.7. The Morgan fingerprint density at radius 1 is 1.14 bits per heavy atom. The molecule has 4 N–H and O–H groups in total. The van der Waals surface area contributed by atoms with Crippen LogP contribution in [0.2, 0.25) is 0 Å². The second-order valence-corrected chi connectivity index (χ2v) is 9.44. The fraction of sp³-hybridized carbons (Fsp3) is 0.310. The molecule has 2 heterocycles. The first-order valence-corrected chi connectivity index (χ1v) is 13.5. The number of amides is 3. The van der Waals surface area contributed by atoms with Crippen LogP contribution in [0.5, 0.6) is 5.75 Å². The largest absolute Gasteiger partial charge is 0.436 e. The third kappa shape index (κ3) is 6.86. The molecule has 0 bridgehead atoms. The molecule has 0 radical (unpaired) electrons. The molecule has 42 heavy (non-hydrogen) atoms. The number of anilines is 1. The van der Waals surface area contributed by atoms with Gasteiger partial charge >= 0.3 is 6.03 Å². The van der Waals surface area contributed by atoms with E-state index in [0.29, 0.717) is 44.2 Å². The van der Waals surface area contributed by atoms with Gasteiger partial charge in [-0.3, -0.25) is 25.0 Å². The standard InChI is InChI=1S/C29H34FN7O5/c1-4-12-36-19(2)26(28(39)37(36)21-8-6-5-7-9-21)27(38)33-20-10-11-23(22(30)17-20)42-24(31)18-25(32-3)34-29(40)35-13-15-41-16-14-35/h5-11,17-18,31-32H,4,12-16H2,1-3H3,(H,33,38)(H,34,40)/b25-18+,31-24?. The van der Waals surface area contributed by atoms with Crippen LogP contribution in [0.4, 0.5) is 14.9 Å². The number of carbonyl (C=O) groups excluding carboxylic acids is 2. The lowest BCUT2D eigenvalue weighted by molar-refractivity contribution is 0.0537. The number of hydrogen-bond acceptors (Lipinski definition) is 7. The van der Waals surface area contributed by atoms with Crippen LogP contribution in [0.1, 0.15) is 29.4 Å². The normalized spacial score (nSPS) is 13.4. The van der Waals surface area contributed by atoms with Crippen molar-refractivity contribution in [1.82, 2.24) is 24.9 Å². The van der Waals surface area contributed by atoms with Gasteiger partial charge in [-0.05, 0) is 37.6 Å². The Morgan fingerprint density at radius 2 is 1.86 bits per heavy atom. The molecule has 1 saturated heterocycles. The van der Waals surface area contributed by atoms with Gasteiger partial charge in [-0.2, -0.15) is 0 Å². The van der Waals surface area contributed by atoms with Crippen molar-refractivity contribution in [2.24, 2.45) is 0 Å². The van der Waals surface area contributed by atoms with Crippen molar-refractivity contribution in [3.63, 3.8) is 0 Å². The predicted molar refractivity (Wildman–Crippen MR) is 156 cm³/mol. The average Bonchev–Trinajstić information content (AvgIpc) is 3.23. The third-order valence-corrected chi connectivity index (χ3v) is 6.55. The Morgan fingerprint density at radius 3 is 2.50 bits per heavy atom. The SMILES string of the molecule is CCCn1c(C)c(C(=O)Nc2ccc(OC(=N)/C=C(\NC)NC(=O)N3CCOCC3)c(F)c2)c(=O)n1-c1ccccc1. The molecule has 222 valence electrons. The molecule has 4 rings (SSSR count). The number of rotatable bonds is 9. The van der Waals surface area contributed by atoms with E-state index in [1.807, 2.05) is 25.1 Å². The van der Waals surface area contributed by atoms with Gasteiger partial charge in [0, 0.05) is 44.5 Å². The minimum Gasteiger partial charge on any atom is -0.436 e. The lowest BCUT2D eigenvalue weighted by Gasteiger charge is -2.27. The Bertz CT molecular complexity index is 1540. The Balaban J connectivity index is 1.46. The van der Waals surface area contributed by atoms with E-state index in [-0.39, 0.29) is 28.9 Å². The van der Waals surface area contributed by atoms with Gasteiger partial charge in [-0.25, -0.2) is 13.9 Å². The van der Waals surface area contributed by atoms with Crippen LogP contribution in [0, 0.1) is 18.2 Å². The van der Waals surface area contributed by atoms with Gasteiger partial charge in [0.15, 0.2) is 11.6 Å². The zero-order valence-corrected chi connectivity index (χ0v) is 23.7. The van der Waals surface area contributed by atoms with Crippen molar-refractivity contribution in [1.29, 1.82) is 5.41 Å². The van der Waals surface area contributed by atoms with E-state index in [4.69, 9.17) is 14.9 Å². The van der Waals surface area contributed by atoms with Gasteiger partial charge in [0.2, 0.25) is 5.90 Å². The highest BCUT2D eigenvalue weighted by Crippen LogP contribution is 2.22. The van der Waals surface area contributed by atoms with Gasteiger partial charge < -0.3 is 25.0 Å².